The summed E-state index contributed by atoms with van der Waals surface area (Å²) in [6, 6.07) is 0. The molecule has 2 N–H and O–H groups in total. The topological polar surface area (TPSA) is 61.1 Å². The van der Waals surface area contributed by atoms with Crippen LogP contribution in [-0.2, 0) is 13.5 Å². The van der Waals surface area contributed by atoms with Gasteiger partial charge in [-0.25, -0.2) is 4.98 Å². The van der Waals surface area contributed by atoms with Crippen LogP contribution < -0.4 is 5.73 Å². The Hall–Kier alpha value is -1.36. The Morgan fingerprint density at radius 3 is 3.17 bits per heavy atom. The van der Waals surface area contributed by atoms with Crippen molar-refractivity contribution in [2.45, 2.75) is 6.42 Å². The van der Waals surface area contributed by atoms with E-state index in [0.717, 1.165) is 17.9 Å². The quantitative estimate of drug-likeness (QED) is 0.656. The van der Waals surface area contributed by atoms with E-state index in [4.69, 9.17) is 5.73 Å². The third kappa shape index (κ3) is 0.902. The molecule has 0 radical (unpaired) electrons. The van der Waals surface area contributed by atoms with Crippen molar-refractivity contribution in [3.63, 3.8) is 0 Å². The number of nitrogens with zero attached hydrogens (tertiary/aromatic N) is 4. The smallest absolute Gasteiger partial charge is 0.155 e. The lowest BCUT2D eigenvalue weighted by Gasteiger charge is -1.91. The van der Waals surface area contributed by atoms with Crippen LogP contribution in [0.3, 0.4) is 0 Å². The fraction of sp³-hybridized carbons (Fsp3) is 0.429. The molecule has 0 aliphatic carbocycles. The highest BCUT2D eigenvalue weighted by Gasteiger charge is 2.05. The monoisotopic (exact) mass is 165 g/mol. The van der Waals surface area contributed by atoms with Crippen molar-refractivity contribution in [2.24, 2.45) is 12.8 Å². The minimum absolute atomic E-state index is 0.607. The number of aryl methyl sites for hydroxylation is 1. The zero-order valence-electron chi connectivity index (χ0n) is 6.94. The lowest BCUT2D eigenvalue weighted by Crippen LogP contribution is -2.06. The highest BCUT2D eigenvalue weighted by Crippen LogP contribution is 2.03. The fourth-order valence-electron chi connectivity index (χ4n) is 1.23. The first-order valence-corrected chi connectivity index (χ1v) is 3.87. The van der Waals surface area contributed by atoms with Crippen LogP contribution in [0, 0.1) is 0 Å². The molecule has 5 heteroatoms. The van der Waals surface area contributed by atoms with Crippen LogP contribution >= 0.6 is 0 Å². The third-order valence-corrected chi connectivity index (χ3v) is 1.86. The van der Waals surface area contributed by atoms with E-state index in [2.05, 4.69) is 10.1 Å². The number of hydrogen-bond acceptors (Lipinski definition) is 3. The van der Waals surface area contributed by atoms with Gasteiger partial charge in [-0.05, 0) is 6.54 Å². The van der Waals surface area contributed by atoms with E-state index in [1.807, 2.05) is 16.1 Å². The second-order valence-corrected chi connectivity index (χ2v) is 2.72. The maximum Gasteiger partial charge on any atom is 0.155 e. The molecule has 2 aromatic heterocycles. The van der Waals surface area contributed by atoms with Crippen LogP contribution in [0.5, 0.6) is 0 Å². The molecule has 2 rings (SSSR count). The molecule has 0 aromatic carbocycles. The first-order chi connectivity index (χ1) is 5.83. The number of hydrogen-bond donors (Lipinski definition) is 1. The lowest BCUT2D eigenvalue weighted by atomic mass is 10.4. The lowest BCUT2D eigenvalue weighted by molar-refractivity contribution is 0.806. The Morgan fingerprint density at radius 2 is 2.42 bits per heavy atom. The minimum Gasteiger partial charge on any atom is -0.330 e. The van der Waals surface area contributed by atoms with Crippen LogP contribution in [-0.4, -0.2) is 25.7 Å². The number of aromatic nitrogens is 4. The van der Waals surface area contributed by atoms with E-state index in [0.29, 0.717) is 6.54 Å². The third-order valence-electron chi connectivity index (χ3n) is 1.86. The predicted molar refractivity (Wildman–Crippen MR) is 44.7 cm³/mol. The van der Waals surface area contributed by atoms with Crippen LogP contribution in [0.2, 0.25) is 0 Å². The van der Waals surface area contributed by atoms with E-state index in [1.165, 1.54) is 0 Å². The van der Waals surface area contributed by atoms with Gasteiger partial charge in [-0.1, -0.05) is 0 Å². The maximum absolute atomic E-state index is 5.43. The molecule has 0 aliphatic heterocycles. The average molecular weight is 165 g/mol. The molecule has 0 fully saturated rings. The number of fused-ring (bicyclic) bond motifs is 1. The van der Waals surface area contributed by atoms with Gasteiger partial charge in [-0.15, -0.1) is 0 Å². The van der Waals surface area contributed by atoms with Crippen molar-refractivity contribution in [1.82, 2.24) is 19.2 Å². The zero-order chi connectivity index (χ0) is 8.55. The second kappa shape index (κ2) is 2.60. The van der Waals surface area contributed by atoms with E-state index < -0.39 is 0 Å². The number of rotatable bonds is 2. The Balaban J connectivity index is 2.55. The Labute approximate surface area is 69.8 Å². The van der Waals surface area contributed by atoms with Gasteiger partial charge in [0.05, 0.1) is 6.20 Å². The van der Waals surface area contributed by atoms with Gasteiger partial charge in [0.25, 0.3) is 0 Å². The molecule has 0 unspecified atom stereocenters. The summed E-state index contributed by atoms with van der Waals surface area (Å²) in [5.74, 6) is 0.924. The van der Waals surface area contributed by atoms with Gasteiger partial charge < -0.3 is 10.3 Å². The molecular formula is C7H11N5. The molecule has 5 nitrogen and oxygen atoms in total. The van der Waals surface area contributed by atoms with E-state index in [1.54, 1.807) is 12.5 Å². The first-order valence-electron chi connectivity index (χ1n) is 3.87. The highest BCUT2D eigenvalue weighted by atomic mass is 15.4. The summed E-state index contributed by atoms with van der Waals surface area (Å²) >= 11 is 0. The predicted octanol–water partition coefficient (Wildman–Crippen LogP) is -0.431. The second-order valence-electron chi connectivity index (χ2n) is 2.72. The molecule has 0 bridgehead atoms. The Bertz CT molecular complexity index is 385. The molecule has 0 saturated heterocycles. The highest BCUT2D eigenvalue weighted by molar-refractivity contribution is 5.36. The molecule has 0 aliphatic rings. The van der Waals surface area contributed by atoms with Crippen molar-refractivity contribution >= 4 is 5.65 Å². The molecule has 0 amide bonds. The van der Waals surface area contributed by atoms with E-state index in [9.17, 15) is 0 Å². The number of nitrogens with two attached hydrogens (primary N) is 1. The summed E-state index contributed by atoms with van der Waals surface area (Å²) in [6.45, 7) is 0.607. The van der Waals surface area contributed by atoms with Crippen LogP contribution in [0.15, 0.2) is 12.5 Å². The zero-order valence-corrected chi connectivity index (χ0v) is 6.94. The van der Waals surface area contributed by atoms with Crippen LogP contribution in [0.4, 0.5) is 0 Å². The van der Waals surface area contributed by atoms with Gasteiger partial charge in [0, 0.05) is 13.5 Å². The first kappa shape index (κ1) is 7.30. The summed E-state index contributed by atoms with van der Waals surface area (Å²) in [7, 11) is 1.94. The summed E-state index contributed by atoms with van der Waals surface area (Å²) in [4.78, 5) is 4.21. The summed E-state index contributed by atoms with van der Waals surface area (Å²) in [6.07, 6.45) is 4.33. The molecule has 2 aromatic rings. The van der Waals surface area contributed by atoms with E-state index >= 15 is 0 Å². The SMILES string of the molecule is Cn1cnn2c(CCN)ncc12. The van der Waals surface area contributed by atoms with Gasteiger partial charge in [-0.3, -0.25) is 0 Å². The molecule has 0 atom stereocenters. The molecular weight excluding hydrogens is 154 g/mol. The van der Waals surface area contributed by atoms with Crippen molar-refractivity contribution < 1.29 is 0 Å². The van der Waals surface area contributed by atoms with Crippen LogP contribution in [0.25, 0.3) is 5.65 Å². The maximum atomic E-state index is 5.43. The summed E-state index contributed by atoms with van der Waals surface area (Å²) in [5.41, 5.74) is 6.43. The molecule has 0 saturated carbocycles. The van der Waals surface area contributed by atoms with Crippen LogP contribution in [0.1, 0.15) is 5.82 Å². The van der Waals surface area contributed by atoms with Crippen molar-refractivity contribution in [3.8, 4) is 0 Å². The summed E-state index contributed by atoms with van der Waals surface area (Å²) in [5, 5.41) is 4.16. The number of imidazole rings is 1. The Morgan fingerprint density at radius 1 is 1.58 bits per heavy atom. The standard InChI is InChI=1S/C7H11N5/c1-11-5-10-12-6(2-3-8)9-4-7(11)12/h4-5H,2-3,8H2,1H3. The van der Waals surface area contributed by atoms with E-state index in [-0.39, 0.29) is 0 Å². The van der Waals surface area contributed by atoms with Crippen molar-refractivity contribution in [1.29, 1.82) is 0 Å². The normalized spacial score (nSPS) is 11.2. The largest absolute Gasteiger partial charge is 0.330 e. The van der Waals surface area contributed by atoms with Crippen molar-refractivity contribution in [2.75, 3.05) is 6.54 Å². The van der Waals surface area contributed by atoms with Gasteiger partial charge in [0.2, 0.25) is 0 Å². The average Bonchev–Trinajstić information content (AvgIpc) is 2.58. The summed E-state index contributed by atoms with van der Waals surface area (Å²) < 4.78 is 3.74. The Kier molecular flexibility index (Phi) is 1.58. The minimum atomic E-state index is 0.607. The van der Waals surface area contributed by atoms with Gasteiger partial charge in [-0.2, -0.15) is 9.61 Å². The van der Waals surface area contributed by atoms with Crippen molar-refractivity contribution in [3.05, 3.63) is 18.3 Å². The molecule has 2 heterocycles. The molecule has 64 valence electrons. The van der Waals surface area contributed by atoms with Gasteiger partial charge >= 0.3 is 0 Å². The van der Waals surface area contributed by atoms with Gasteiger partial charge in [0.15, 0.2) is 5.65 Å². The molecule has 0 spiro atoms. The molecule has 12 heavy (non-hydrogen) atoms. The fourth-order valence-corrected chi connectivity index (χ4v) is 1.23. The van der Waals surface area contributed by atoms with Gasteiger partial charge in [0.1, 0.15) is 12.2 Å².